The van der Waals surface area contributed by atoms with Crippen molar-refractivity contribution >= 4 is 6.09 Å². The molecule has 4 nitrogen and oxygen atoms in total. The quantitative estimate of drug-likeness (QED) is 0.779. The zero-order valence-corrected chi connectivity index (χ0v) is 11.0. The number of rotatable bonds is 2. The van der Waals surface area contributed by atoms with E-state index in [0.717, 1.165) is 32.1 Å². The van der Waals surface area contributed by atoms with Crippen LogP contribution in [0.3, 0.4) is 0 Å². The number of carbonyl (C=O) groups is 1. The molecule has 17 heavy (non-hydrogen) atoms. The van der Waals surface area contributed by atoms with Gasteiger partial charge >= 0.3 is 6.09 Å². The van der Waals surface area contributed by atoms with Crippen molar-refractivity contribution in [1.29, 1.82) is 0 Å². The second-order valence-corrected chi connectivity index (χ2v) is 6.77. The van der Waals surface area contributed by atoms with Crippen LogP contribution in [0.1, 0.15) is 52.9 Å². The Morgan fingerprint density at radius 2 is 2.00 bits per heavy atom. The molecule has 0 aliphatic heterocycles. The molecule has 0 spiro atoms. The van der Waals surface area contributed by atoms with Gasteiger partial charge in [-0.05, 0) is 51.9 Å². The zero-order valence-electron chi connectivity index (χ0n) is 11.0. The third kappa shape index (κ3) is 2.57. The summed E-state index contributed by atoms with van der Waals surface area (Å²) in [4.78, 5) is 11.8. The molecule has 0 aromatic heterocycles. The Labute approximate surface area is 103 Å². The lowest BCUT2D eigenvalue weighted by atomic mass is 9.50. The maximum absolute atomic E-state index is 11.8. The van der Waals surface area contributed by atoms with Crippen molar-refractivity contribution in [3.8, 4) is 0 Å². The van der Waals surface area contributed by atoms with Gasteiger partial charge in [0.2, 0.25) is 0 Å². The van der Waals surface area contributed by atoms with E-state index in [0.29, 0.717) is 0 Å². The van der Waals surface area contributed by atoms with Crippen LogP contribution in [0.5, 0.6) is 0 Å². The largest absolute Gasteiger partial charge is 0.444 e. The van der Waals surface area contributed by atoms with Crippen molar-refractivity contribution in [1.82, 2.24) is 5.32 Å². The van der Waals surface area contributed by atoms with E-state index in [9.17, 15) is 9.90 Å². The Hall–Kier alpha value is -0.770. The molecule has 1 amide bonds. The van der Waals surface area contributed by atoms with Crippen molar-refractivity contribution in [2.45, 2.75) is 64.0 Å². The molecule has 3 fully saturated rings. The molecular weight excluding hydrogens is 218 g/mol. The average molecular weight is 241 g/mol. The minimum absolute atomic E-state index is 0.0766. The summed E-state index contributed by atoms with van der Waals surface area (Å²) in [5.41, 5.74) is -0.482. The first-order valence-corrected chi connectivity index (χ1v) is 6.40. The summed E-state index contributed by atoms with van der Waals surface area (Å²) < 4.78 is 5.28. The van der Waals surface area contributed by atoms with Gasteiger partial charge in [-0.2, -0.15) is 0 Å². The van der Waals surface area contributed by atoms with Crippen LogP contribution in [0, 0.1) is 5.41 Å². The predicted octanol–water partition coefficient (Wildman–Crippen LogP) is 2.21. The Morgan fingerprint density at radius 1 is 1.35 bits per heavy atom. The Balaban J connectivity index is 1.90. The van der Waals surface area contributed by atoms with Crippen molar-refractivity contribution in [2.75, 3.05) is 6.61 Å². The fourth-order valence-electron chi connectivity index (χ4n) is 3.40. The van der Waals surface area contributed by atoms with Crippen LogP contribution in [0.25, 0.3) is 0 Å². The zero-order chi connectivity index (χ0) is 12.7. The van der Waals surface area contributed by atoms with Gasteiger partial charge < -0.3 is 15.2 Å². The number of hydrogen-bond acceptors (Lipinski definition) is 3. The normalized spacial score (nSPS) is 36.0. The summed E-state index contributed by atoms with van der Waals surface area (Å²) in [6.45, 7) is 5.84. The highest BCUT2D eigenvalue weighted by molar-refractivity contribution is 5.69. The molecule has 0 radical (unpaired) electrons. The van der Waals surface area contributed by atoms with Gasteiger partial charge in [0.05, 0.1) is 0 Å². The Morgan fingerprint density at radius 3 is 2.53 bits per heavy atom. The molecule has 3 rings (SSSR count). The number of hydrogen-bond donors (Lipinski definition) is 2. The average Bonchev–Trinajstić information content (AvgIpc) is 2.13. The summed E-state index contributed by atoms with van der Waals surface area (Å²) in [7, 11) is 0. The van der Waals surface area contributed by atoms with Crippen LogP contribution in [-0.2, 0) is 4.74 Å². The van der Waals surface area contributed by atoms with Crippen molar-refractivity contribution in [3.05, 3.63) is 0 Å². The molecule has 2 N–H and O–H groups in total. The summed E-state index contributed by atoms with van der Waals surface area (Å²) >= 11 is 0. The first kappa shape index (κ1) is 12.7. The van der Waals surface area contributed by atoms with Gasteiger partial charge in [-0.25, -0.2) is 4.79 Å². The third-order valence-electron chi connectivity index (χ3n) is 3.89. The minimum Gasteiger partial charge on any atom is -0.444 e. The van der Waals surface area contributed by atoms with Gasteiger partial charge in [0.15, 0.2) is 0 Å². The SMILES string of the molecule is CC(C)(C)OC(=O)NC12CCCC(CO)(C1)C2. The summed E-state index contributed by atoms with van der Waals surface area (Å²) in [5.74, 6) is 0. The maximum atomic E-state index is 11.8. The Kier molecular flexibility index (Phi) is 2.89. The number of aliphatic hydroxyl groups is 1. The molecule has 0 aromatic rings. The van der Waals surface area contributed by atoms with Gasteiger partial charge in [0, 0.05) is 12.1 Å². The number of aliphatic hydroxyl groups excluding tert-OH is 1. The van der Waals surface area contributed by atoms with E-state index >= 15 is 0 Å². The molecule has 0 heterocycles. The van der Waals surface area contributed by atoms with Gasteiger partial charge in [-0.3, -0.25) is 0 Å². The molecule has 0 aromatic carbocycles. The van der Waals surface area contributed by atoms with Gasteiger partial charge in [0.1, 0.15) is 5.60 Å². The minimum atomic E-state index is -0.451. The second-order valence-electron chi connectivity index (χ2n) is 6.77. The first-order chi connectivity index (χ1) is 7.78. The fourth-order valence-corrected chi connectivity index (χ4v) is 3.40. The number of ether oxygens (including phenoxy) is 1. The van der Waals surface area contributed by atoms with E-state index in [-0.39, 0.29) is 23.7 Å². The highest BCUT2D eigenvalue weighted by Gasteiger charge is 2.57. The van der Waals surface area contributed by atoms with Crippen LogP contribution in [0.15, 0.2) is 0 Å². The molecule has 0 unspecified atom stereocenters. The molecule has 98 valence electrons. The molecule has 3 saturated carbocycles. The highest BCUT2D eigenvalue weighted by Crippen LogP contribution is 2.57. The summed E-state index contributed by atoms with van der Waals surface area (Å²) in [6.07, 6.45) is 4.64. The number of fused-ring (bicyclic) bond motifs is 2. The third-order valence-corrected chi connectivity index (χ3v) is 3.89. The van der Waals surface area contributed by atoms with E-state index in [1.165, 1.54) is 0 Å². The van der Waals surface area contributed by atoms with Crippen LogP contribution in [0.4, 0.5) is 4.79 Å². The van der Waals surface area contributed by atoms with Crippen LogP contribution in [0.2, 0.25) is 0 Å². The number of alkyl carbamates (subject to hydrolysis) is 1. The van der Waals surface area contributed by atoms with Crippen LogP contribution < -0.4 is 5.32 Å². The van der Waals surface area contributed by atoms with Crippen LogP contribution in [-0.4, -0.2) is 28.9 Å². The van der Waals surface area contributed by atoms with Crippen molar-refractivity contribution in [2.24, 2.45) is 5.41 Å². The van der Waals surface area contributed by atoms with E-state index in [1.54, 1.807) is 0 Å². The lowest BCUT2D eigenvalue weighted by Gasteiger charge is -2.60. The summed E-state index contributed by atoms with van der Waals surface area (Å²) in [5, 5.41) is 12.4. The van der Waals surface area contributed by atoms with E-state index < -0.39 is 5.60 Å². The molecule has 4 heteroatoms. The highest BCUT2D eigenvalue weighted by atomic mass is 16.6. The lowest BCUT2D eigenvalue weighted by molar-refractivity contribution is -0.0861. The summed E-state index contributed by atoms with van der Waals surface area (Å²) in [6, 6.07) is 0. The van der Waals surface area contributed by atoms with E-state index in [2.05, 4.69) is 5.32 Å². The fraction of sp³-hybridized carbons (Fsp3) is 0.923. The number of nitrogens with one attached hydrogen (secondary N) is 1. The molecule has 0 atom stereocenters. The molecule has 3 aliphatic rings. The van der Waals surface area contributed by atoms with E-state index in [4.69, 9.17) is 4.74 Å². The monoisotopic (exact) mass is 241 g/mol. The maximum Gasteiger partial charge on any atom is 0.408 e. The standard InChI is InChI=1S/C13H23NO3/c1-11(2,3)17-10(16)14-13-6-4-5-12(7-13,8-13)9-15/h15H,4-9H2,1-3H3,(H,14,16). The lowest BCUT2D eigenvalue weighted by Crippen LogP contribution is -2.66. The molecule has 3 aliphatic carbocycles. The second kappa shape index (κ2) is 3.87. The molecule has 0 saturated heterocycles. The number of carbonyl (C=O) groups excluding carboxylic acids is 1. The predicted molar refractivity (Wildman–Crippen MR) is 64.7 cm³/mol. The van der Waals surface area contributed by atoms with Crippen LogP contribution >= 0.6 is 0 Å². The van der Waals surface area contributed by atoms with Crippen molar-refractivity contribution in [3.63, 3.8) is 0 Å². The topological polar surface area (TPSA) is 58.6 Å². The van der Waals surface area contributed by atoms with Gasteiger partial charge in [-0.1, -0.05) is 6.42 Å². The van der Waals surface area contributed by atoms with Gasteiger partial charge in [-0.15, -0.1) is 0 Å². The van der Waals surface area contributed by atoms with Crippen molar-refractivity contribution < 1.29 is 14.6 Å². The molecule has 2 bridgehead atoms. The first-order valence-electron chi connectivity index (χ1n) is 6.40. The smallest absolute Gasteiger partial charge is 0.408 e. The Bertz CT molecular complexity index is 313. The van der Waals surface area contributed by atoms with E-state index in [1.807, 2.05) is 20.8 Å². The molecular formula is C13H23NO3. The van der Waals surface area contributed by atoms with Gasteiger partial charge in [0.25, 0.3) is 0 Å². The number of amides is 1.